The molecule has 0 saturated carbocycles. The average Bonchev–Trinajstić information content (AvgIpc) is 2.91. The highest BCUT2D eigenvalue weighted by atomic mass is 16.7. The first-order chi connectivity index (χ1) is 10.9. The Labute approximate surface area is 130 Å². The standard InChI is InChI=1S/C14H14N4O5/c1-16-7-15-11-10(16)12(20)18(14(22)17(11)2)23-13(21)8-5-3-4-6-9(8)19/h3-7,14,19,22H,1-2H3/t14-/m0/s1. The first-order valence-electron chi connectivity index (χ1n) is 6.68. The fourth-order valence-electron chi connectivity index (χ4n) is 2.27. The van der Waals surface area contributed by atoms with E-state index in [1.807, 2.05) is 0 Å². The van der Waals surface area contributed by atoms with Crippen molar-refractivity contribution in [2.24, 2.45) is 7.05 Å². The number of aliphatic hydroxyl groups excluding tert-OH is 1. The second-order valence-corrected chi connectivity index (χ2v) is 5.01. The highest BCUT2D eigenvalue weighted by Crippen LogP contribution is 2.28. The summed E-state index contributed by atoms with van der Waals surface area (Å²) < 4.78 is 1.46. The van der Waals surface area contributed by atoms with Gasteiger partial charge in [-0.2, -0.15) is 0 Å². The van der Waals surface area contributed by atoms with E-state index >= 15 is 0 Å². The first-order valence-corrected chi connectivity index (χ1v) is 6.68. The number of nitrogens with zero attached hydrogens (tertiary/aromatic N) is 4. The van der Waals surface area contributed by atoms with Gasteiger partial charge in [-0.15, -0.1) is 5.06 Å². The molecule has 2 aromatic rings. The molecule has 0 saturated heterocycles. The number of hydroxylamine groups is 2. The first kappa shape index (κ1) is 14.9. The summed E-state index contributed by atoms with van der Waals surface area (Å²) in [6.45, 7) is 0. The number of rotatable bonds is 2. The number of hydrogen-bond donors (Lipinski definition) is 2. The van der Waals surface area contributed by atoms with E-state index in [0.29, 0.717) is 5.06 Å². The number of benzene rings is 1. The molecule has 1 aromatic carbocycles. The summed E-state index contributed by atoms with van der Waals surface area (Å²) in [6.07, 6.45) is -0.111. The van der Waals surface area contributed by atoms with E-state index in [2.05, 4.69) is 4.98 Å². The molecule has 1 atom stereocenters. The molecule has 9 nitrogen and oxygen atoms in total. The van der Waals surface area contributed by atoms with Crippen LogP contribution in [0.3, 0.4) is 0 Å². The van der Waals surface area contributed by atoms with Gasteiger partial charge in [-0.3, -0.25) is 4.79 Å². The van der Waals surface area contributed by atoms with Gasteiger partial charge in [-0.05, 0) is 12.1 Å². The third kappa shape index (κ3) is 2.27. The molecule has 1 aliphatic heterocycles. The highest BCUT2D eigenvalue weighted by Gasteiger charge is 2.41. The van der Waals surface area contributed by atoms with Crippen LogP contribution in [0.4, 0.5) is 5.82 Å². The average molecular weight is 318 g/mol. The maximum absolute atomic E-state index is 12.4. The van der Waals surface area contributed by atoms with E-state index in [1.54, 1.807) is 13.1 Å². The molecule has 23 heavy (non-hydrogen) atoms. The molecule has 9 heteroatoms. The minimum atomic E-state index is -1.53. The van der Waals surface area contributed by atoms with E-state index in [1.165, 1.54) is 41.0 Å². The molecule has 1 aliphatic rings. The second kappa shape index (κ2) is 5.29. The quantitative estimate of drug-likeness (QED) is 0.806. The number of carbonyl (C=O) groups excluding carboxylic acids is 2. The Hall–Kier alpha value is -3.07. The number of fused-ring (bicyclic) bond motifs is 1. The van der Waals surface area contributed by atoms with Crippen LogP contribution in [0.1, 0.15) is 20.8 Å². The van der Waals surface area contributed by atoms with Crippen molar-refractivity contribution in [3.8, 4) is 5.75 Å². The van der Waals surface area contributed by atoms with E-state index in [4.69, 9.17) is 4.84 Å². The Bertz CT molecular complexity index is 787. The van der Waals surface area contributed by atoms with Crippen LogP contribution in [0.2, 0.25) is 0 Å². The number of hydrogen-bond acceptors (Lipinski definition) is 7. The summed E-state index contributed by atoms with van der Waals surface area (Å²) in [6, 6.07) is 5.74. The molecule has 3 rings (SSSR count). The van der Waals surface area contributed by atoms with Crippen molar-refractivity contribution >= 4 is 17.7 Å². The zero-order chi connectivity index (χ0) is 16.7. The number of aryl methyl sites for hydroxylation is 1. The van der Waals surface area contributed by atoms with E-state index in [9.17, 15) is 19.8 Å². The lowest BCUT2D eigenvalue weighted by molar-refractivity contribution is -0.165. The predicted octanol–water partition coefficient (Wildman–Crippen LogP) is 0.0656. The molecule has 2 N–H and O–H groups in total. The van der Waals surface area contributed by atoms with Gasteiger partial charge in [0.2, 0.25) is 6.35 Å². The van der Waals surface area contributed by atoms with Gasteiger partial charge in [0.1, 0.15) is 11.3 Å². The van der Waals surface area contributed by atoms with Gasteiger partial charge in [0, 0.05) is 14.1 Å². The van der Waals surface area contributed by atoms with Gasteiger partial charge in [-0.25, -0.2) is 9.78 Å². The zero-order valence-corrected chi connectivity index (χ0v) is 12.4. The maximum atomic E-state index is 12.4. The molecular weight excluding hydrogens is 304 g/mol. The lowest BCUT2D eigenvalue weighted by atomic mass is 10.2. The van der Waals surface area contributed by atoms with E-state index in [-0.39, 0.29) is 22.8 Å². The molecule has 0 bridgehead atoms. The molecule has 0 spiro atoms. The molecule has 0 aliphatic carbocycles. The number of para-hydroxylation sites is 1. The molecular formula is C14H14N4O5. The van der Waals surface area contributed by atoms with Gasteiger partial charge in [0.25, 0.3) is 0 Å². The Morgan fingerprint density at radius 2 is 2.00 bits per heavy atom. The van der Waals surface area contributed by atoms with Gasteiger partial charge < -0.3 is 24.5 Å². The lowest BCUT2D eigenvalue weighted by Crippen LogP contribution is -2.54. The Morgan fingerprint density at radius 1 is 1.30 bits per heavy atom. The minimum Gasteiger partial charge on any atom is -0.507 e. The molecule has 1 amide bonds. The van der Waals surface area contributed by atoms with Gasteiger partial charge in [0.15, 0.2) is 11.5 Å². The molecule has 0 fully saturated rings. The Morgan fingerprint density at radius 3 is 2.70 bits per heavy atom. The minimum absolute atomic E-state index is 0.119. The molecule has 1 aromatic heterocycles. The van der Waals surface area contributed by atoms with Crippen LogP contribution >= 0.6 is 0 Å². The summed E-state index contributed by atoms with van der Waals surface area (Å²) >= 11 is 0. The van der Waals surface area contributed by atoms with Crippen LogP contribution in [0.25, 0.3) is 0 Å². The summed E-state index contributed by atoms with van der Waals surface area (Å²) in [5, 5.41) is 20.4. The monoisotopic (exact) mass is 318 g/mol. The number of anilines is 1. The van der Waals surface area contributed by atoms with Gasteiger partial charge in [0.05, 0.1) is 6.33 Å². The summed E-state index contributed by atoms with van der Waals surface area (Å²) in [5.74, 6) is -1.69. The number of imidazole rings is 1. The van der Waals surface area contributed by atoms with Crippen molar-refractivity contribution < 1.29 is 24.6 Å². The van der Waals surface area contributed by atoms with Crippen LogP contribution in [-0.4, -0.2) is 50.1 Å². The topological polar surface area (TPSA) is 108 Å². The third-order valence-electron chi connectivity index (χ3n) is 3.52. The molecule has 2 heterocycles. The number of aromatic hydroxyl groups is 1. The van der Waals surface area contributed by atoms with Crippen LogP contribution < -0.4 is 4.90 Å². The summed E-state index contributed by atoms with van der Waals surface area (Å²) in [4.78, 5) is 34.9. The number of carbonyl (C=O) groups is 2. The maximum Gasteiger partial charge on any atom is 0.367 e. The largest absolute Gasteiger partial charge is 0.507 e. The number of phenolic OH excluding ortho intramolecular Hbond substituents is 1. The van der Waals surface area contributed by atoms with Crippen molar-refractivity contribution in [1.82, 2.24) is 14.6 Å². The molecule has 120 valence electrons. The summed E-state index contributed by atoms with van der Waals surface area (Å²) in [5.41, 5.74) is 0.0499. The van der Waals surface area contributed by atoms with E-state index in [0.717, 1.165) is 0 Å². The smallest absolute Gasteiger partial charge is 0.367 e. The molecule has 0 unspecified atom stereocenters. The van der Waals surface area contributed by atoms with Crippen molar-refractivity contribution in [2.45, 2.75) is 6.35 Å². The number of phenols is 1. The summed E-state index contributed by atoms with van der Waals surface area (Å²) in [7, 11) is 3.11. The van der Waals surface area contributed by atoms with Crippen LogP contribution in [0.5, 0.6) is 5.75 Å². The second-order valence-electron chi connectivity index (χ2n) is 5.01. The highest BCUT2D eigenvalue weighted by molar-refractivity contribution is 6.00. The van der Waals surface area contributed by atoms with Crippen molar-refractivity contribution in [2.75, 3.05) is 11.9 Å². The number of amides is 1. The predicted molar refractivity (Wildman–Crippen MR) is 77.3 cm³/mol. The fourth-order valence-corrected chi connectivity index (χ4v) is 2.27. The van der Waals surface area contributed by atoms with Crippen molar-refractivity contribution in [1.29, 1.82) is 0 Å². The number of aromatic nitrogens is 2. The van der Waals surface area contributed by atoms with Gasteiger partial charge in [-0.1, -0.05) is 12.1 Å². The molecule has 0 radical (unpaired) electrons. The van der Waals surface area contributed by atoms with Crippen LogP contribution in [-0.2, 0) is 11.9 Å². The van der Waals surface area contributed by atoms with E-state index < -0.39 is 18.2 Å². The van der Waals surface area contributed by atoms with Crippen molar-refractivity contribution in [3.63, 3.8) is 0 Å². The van der Waals surface area contributed by atoms with Crippen molar-refractivity contribution in [3.05, 3.63) is 41.9 Å². The fraction of sp³-hybridized carbons (Fsp3) is 0.214. The zero-order valence-electron chi connectivity index (χ0n) is 12.4. The van der Waals surface area contributed by atoms with Crippen LogP contribution in [0, 0.1) is 0 Å². The van der Waals surface area contributed by atoms with Gasteiger partial charge >= 0.3 is 11.9 Å². The Kier molecular flexibility index (Phi) is 3.41. The third-order valence-corrected chi connectivity index (χ3v) is 3.52. The number of aliphatic hydroxyl groups is 1. The Balaban J connectivity index is 1.92. The SMILES string of the molecule is CN1c2ncn(C)c2C(=O)N(OC(=O)c2ccccc2O)[C@H]1O. The normalized spacial score (nSPS) is 17.2. The van der Waals surface area contributed by atoms with Crippen LogP contribution in [0.15, 0.2) is 30.6 Å². The lowest BCUT2D eigenvalue weighted by Gasteiger charge is -2.36.